The molecule has 0 aliphatic heterocycles. The highest BCUT2D eigenvalue weighted by Gasteiger charge is 2.22. The fourth-order valence-electron chi connectivity index (χ4n) is 2.56. The molecule has 0 unspecified atom stereocenters. The van der Waals surface area contributed by atoms with Crippen LogP contribution in [-0.2, 0) is 16.0 Å². The molecule has 0 amide bonds. The summed E-state index contributed by atoms with van der Waals surface area (Å²) in [5.41, 5.74) is 5.57. The topological polar surface area (TPSA) is 74.6 Å². The highest BCUT2D eigenvalue weighted by atomic mass is 16.4. The minimum atomic E-state index is -0.981. The summed E-state index contributed by atoms with van der Waals surface area (Å²) in [6.07, 6.45) is 1.62. The Bertz CT molecular complexity index is 803. The zero-order chi connectivity index (χ0) is 17.0. The molecule has 2 aromatic rings. The van der Waals surface area contributed by atoms with E-state index in [1.807, 2.05) is 30.3 Å². The molecule has 1 aliphatic rings. The first-order valence-corrected chi connectivity index (χ1v) is 6.93. The van der Waals surface area contributed by atoms with Gasteiger partial charge in [-0.1, -0.05) is 55.6 Å². The second-order valence-electron chi connectivity index (χ2n) is 4.99. The van der Waals surface area contributed by atoms with Crippen LogP contribution in [0.3, 0.4) is 0 Å². The molecule has 0 spiro atoms. The van der Waals surface area contributed by atoms with Crippen LogP contribution in [0.4, 0.5) is 0 Å². The standard InChI is InChI=1S/C16H12O2.C3H4O2/c1-10(16(17)18)12-7-4-8-14-13-6-3-2-5-11(13)9-15(12)14;1-2-3(4)5/h2-8H,1,9H2,(H,17,18);2H,1H2,(H,4,5). The Balaban J connectivity index is 0.000000338. The van der Waals surface area contributed by atoms with E-state index >= 15 is 0 Å². The summed E-state index contributed by atoms with van der Waals surface area (Å²) in [5.74, 6) is -1.94. The van der Waals surface area contributed by atoms with Gasteiger partial charge in [0.25, 0.3) is 0 Å². The molecule has 4 nitrogen and oxygen atoms in total. The minimum Gasteiger partial charge on any atom is -0.478 e. The van der Waals surface area contributed by atoms with E-state index in [1.54, 1.807) is 0 Å². The number of carboxylic acids is 2. The average Bonchev–Trinajstić information content (AvgIpc) is 2.93. The number of rotatable bonds is 3. The van der Waals surface area contributed by atoms with Crippen LogP contribution in [0.25, 0.3) is 16.7 Å². The molecule has 0 heterocycles. The van der Waals surface area contributed by atoms with Gasteiger partial charge < -0.3 is 10.2 Å². The van der Waals surface area contributed by atoms with Crippen molar-refractivity contribution in [2.75, 3.05) is 0 Å². The summed E-state index contributed by atoms with van der Waals surface area (Å²) in [4.78, 5) is 20.3. The summed E-state index contributed by atoms with van der Waals surface area (Å²) >= 11 is 0. The number of hydrogen-bond donors (Lipinski definition) is 2. The quantitative estimate of drug-likeness (QED) is 0.725. The molecule has 0 fully saturated rings. The predicted octanol–water partition coefficient (Wildman–Crippen LogP) is 3.61. The van der Waals surface area contributed by atoms with Crippen molar-refractivity contribution in [1.29, 1.82) is 0 Å². The van der Waals surface area contributed by atoms with Crippen LogP contribution >= 0.6 is 0 Å². The van der Waals surface area contributed by atoms with Crippen LogP contribution in [0, 0.1) is 0 Å². The molecule has 1 aliphatic carbocycles. The Morgan fingerprint density at radius 1 is 1.00 bits per heavy atom. The third-order valence-electron chi connectivity index (χ3n) is 3.61. The first kappa shape index (κ1) is 16.2. The third kappa shape index (κ3) is 3.37. The lowest BCUT2D eigenvalue weighted by molar-refractivity contribution is -0.132. The van der Waals surface area contributed by atoms with Gasteiger partial charge in [-0.3, -0.25) is 0 Å². The Morgan fingerprint density at radius 3 is 2.22 bits per heavy atom. The van der Waals surface area contributed by atoms with Gasteiger partial charge >= 0.3 is 11.9 Å². The van der Waals surface area contributed by atoms with Crippen molar-refractivity contribution in [2.45, 2.75) is 6.42 Å². The zero-order valence-corrected chi connectivity index (χ0v) is 12.5. The predicted molar refractivity (Wildman–Crippen MR) is 89.2 cm³/mol. The van der Waals surface area contributed by atoms with Crippen LogP contribution in [0.5, 0.6) is 0 Å². The van der Waals surface area contributed by atoms with Gasteiger partial charge in [0, 0.05) is 6.08 Å². The monoisotopic (exact) mass is 308 g/mol. The Labute approximate surface area is 134 Å². The Morgan fingerprint density at radius 2 is 1.61 bits per heavy atom. The summed E-state index contributed by atoms with van der Waals surface area (Å²) < 4.78 is 0. The fourth-order valence-corrected chi connectivity index (χ4v) is 2.56. The van der Waals surface area contributed by atoms with E-state index < -0.39 is 11.9 Å². The van der Waals surface area contributed by atoms with Crippen molar-refractivity contribution in [3.05, 3.63) is 78.4 Å². The fraction of sp³-hybridized carbons (Fsp3) is 0.0526. The van der Waals surface area contributed by atoms with Crippen LogP contribution in [0.1, 0.15) is 16.7 Å². The summed E-state index contributed by atoms with van der Waals surface area (Å²) in [5, 5.41) is 16.7. The molecule has 2 aromatic carbocycles. The van der Waals surface area contributed by atoms with Gasteiger partial charge in [0.15, 0.2) is 0 Å². The van der Waals surface area contributed by atoms with Crippen LogP contribution in [-0.4, -0.2) is 22.2 Å². The first-order valence-electron chi connectivity index (χ1n) is 6.93. The van der Waals surface area contributed by atoms with E-state index in [1.165, 1.54) is 11.1 Å². The molecule has 0 bridgehead atoms. The summed E-state index contributed by atoms with van der Waals surface area (Å²) in [6.45, 7) is 6.63. The Kier molecular flexibility index (Phi) is 4.76. The third-order valence-corrected chi connectivity index (χ3v) is 3.61. The lowest BCUT2D eigenvalue weighted by Crippen LogP contribution is -2.01. The molecule has 0 radical (unpaired) electrons. The lowest BCUT2D eigenvalue weighted by Gasteiger charge is -2.07. The molecular formula is C19H16O4. The molecule has 0 aromatic heterocycles. The number of fused-ring (bicyclic) bond motifs is 3. The van der Waals surface area contributed by atoms with E-state index in [4.69, 9.17) is 10.2 Å². The van der Waals surface area contributed by atoms with E-state index in [0.717, 1.165) is 29.2 Å². The van der Waals surface area contributed by atoms with E-state index in [-0.39, 0.29) is 5.57 Å². The molecule has 4 heteroatoms. The van der Waals surface area contributed by atoms with Crippen molar-refractivity contribution in [3.63, 3.8) is 0 Å². The smallest absolute Gasteiger partial charge is 0.335 e. The van der Waals surface area contributed by atoms with Gasteiger partial charge in [0.1, 0.15) is 0 Å². The van der Waals surface area contributed by atoms with Gasteiger partial charge in [0.05, 0.1) is 5.57 Å². The average molecular weight is 308 g/mol. The molecule has 2 N–H and O–H groups in total. The van der Waals surface area contributed by atoms with Gasteiger partial charge in [-0.25, -0.2) is 9.59 Å². The second kappa shape index (κ2) is 6.75. The van der Waals surface area contributed by atoms with Crippen LogP contribution < -0.4 is 0 Å². The van der Waals surface area contributed by atoms with Gasteiger partial charge in [-0.05, 0) is 34.2 Å². The lowest BCUT2D eigenvalue weighted by atomic mass is 9.96. The van der Waals surface area contributed by atoms with E-state index in [9.17, 15) is 9.59 Å². The zero-order valence-electron chi connectivity index (χ0n) is 12.5. The summed E-state index contributed by atoms with van der Waals surface area (Å²) in [7, 11) is 0. The molecule has 0 saturated heterocycles. The SMILES string of the molecule is C=C(C(=O)O)c1cccc2c1Cc1ccccc1-2.C=CC(=O)O. The number of hydrogen-bond acceptors (Lipinski definition) is 2. The highest BCUT2D eigenvalue weighted by Crippen LogP contribution is 2.39. The second-order valence-corrected chi connectivity index (χ2v) is 4.99. The number of aliphatic carboxylic acids is 2. The first-order chi connectivity index (χ1) is 11.0. The van der Waals surface area contributed by atoms with Crippen molar-refractivity contribution in [1.82, 2.24) is 0 Å². The molecule has 0 atom stereocenters. The normalized spacial score (nSPS) is 10.6. The molecular weight excluding hydrogens is 292 g/mol. The maximum atomic E-state index is 11.1. The van der Waals surface area contributed by atoms with E-state index in [2.05, 4.69) is 25.3 Å². The van der Waals surface area contributed by atoms with Crippen molar-refractivity contribution in [3.8, 4) is 11.1 Å². The Hall–Kier alpha value is -3.14. The van der Waals surface area contributed by atoms with Crippen molar-refractivity contribution >= 4 is 17.5 Å². The molecule has 3 rings (SSSR count). The summed E-state index contributed by atoms with van der Waals surface area (Å²) in [6, 6.07) is 13.9. The number of benzene rings is 2. The van der Waals surface area contributed by atoms with Gasteiger partial charge in [-0.15, -0.1) is 0 Å². The minimum absolute atomic E-state index is 0.166. The maximum Gasteiger partial charge on any atom is 0.335 e. The van der Waals surface area contributed by atoms with Crippen molar-refractivity contribution < 1.29 is 19.8 Å². The van der Waals surface area contributed by atoms with Crippen molar-refractivity contribution in [2.24, 2.45) is 0 Å². The highest BCUT2D eigenvalue weighted by molar-refractivity contribution is 6.15. The van der Waals surface area contributed by atoms with E-state index in [0.29, 0.717) is 0 Å². The number of carboxylic acid groups (broad SMARTS) is 2. The van der Waals surface area contributed by atoms with Crippen LogP contribution in [0.15, 0.2) is 61.7 Å². The number of carbonyl (C=O) groups is 2. The molecule has 23 heavy (non-hydrogen) atoms. The van der Waals surface area contributed by atoms with Gasteiger partial charge in [-0.2, -0.15) is 0 Å². The van der Waals surface area contributed by atoms with Crippen LogP contribution in [0.2, 0.25) is 0 Å². The molecule has 116 valence electrons. The molecule has 0 saturated carbocycles. The maximum absolute atomic E-state index is 11.1. The largest absolute Gasteiger partial charge is 0.478 e. The van der Waals surface area contributed by atoms with Gasteiger partial charge in [0.2, 0.25) is 0 Å².